The molecule has 7 nitrogen and oxygen atoms in total. The Bertz CT molecular complexity index is 499. The van der Waals surface area contributed by atoms with Gasteiger partial charge in [0.15, 0.2) is 5.69 Å². The van der Waals surface area contributed by atoms with Crippen LogP contribution in [0.5, 0.6) is 0 Å². The zero-order valence-electron chi connectivity index (χ0n) is 11.3. The second kappa shape index (κ2) is 6.19. The lowest BCUT2D eigenvalue weighted by atomic mass is 10.2. The highest BCUT2D eigenvalue weighted by molar-refractivity contribution is 7.09. The molecule has 1 saturated heterocycles. The van der Waals surface area contributed by atoms with Crippen molar-refractivity contribution in [3.63, 3.8) is 0 Å². The maximum absolute atomic E-state index is 12.1. The summed E-state index contributed by atoms with van der Waals surface area (Å²) in [7, 11) is 1.73. The summed E-state index contributed by atoms with van der Waals surface area (Å²) >= 11 is 1.22. The zero-order chi connectivity index (χ0) is 14.7. The van der Waals surface area contributed by atoms with Crippen LogP contribution in [0, 0.1) is 0 Å². The van der Waals surface area contributed by atoms with Crippen LogP contribution in [0.4, 0.5) is 4.79 Å². The van der Waals surface area contributed by atoms with E-state index in [1.54, 1.807) is 18.9 Å². The highest BCUT2D eigenvalue weighted by Gasteiger charge is 2.25. The SMILES string of the molecule is CC(NC(=O)N(C)C1CCOC1)c1nc(C(=O)O)cs1. The number of amides is 2. The number of likely N-dealkylation sites (N-methyl/N-ethyl adjacent to an activating group) is 1. The first-order valence-electron chi connectivity index (χ1n) is 6.29. The second-order valence-electron chi connectivity index (χ2n) is 4.68. The smallest absolute Gasteiger partial charge is 0.355 e. The van der Waals surface area contributed by atoms with Crippen LogP contribution in [0.1, 0.15) is 34.9 Å². The van der Waals surface area contributed by atoms with E-state index < -0.39 is 5.97 Å². The van der Waals surface area contributed by atoms with Gasteiger partial charge in [0, 0.05) is 19.0 Å². The molecule has 0 saturated carbocycles. The summed E-state index contributed by atoms with van der Waals surface area (Å²) in [6, 6.07) is -0.446. The number of carboxylic acids is 1. The molecule has 8 heteroatoms. The molecule has 1 aliphatic rings. The van der Waals surface area contributed by atoms with E-state index in [1.165, 1.54) is 16.7 Å². The summed E-state index contributed by atoms with van der Waals surface area (Å²) < 4.78 is 5.25. The maximum Gasteiger partial charge on any atom is 0.355 e. The van der Waals surface area contributed by atoms with Gasteiger partial charge in [-0.1, -0.05) is 0 Å². The first-order chi connectivity index (χ1) is 9.49. The van der Waals surface area contributed by atoms with Crippen molar-refractivity contribution in [2.45, 2.75) is 25.4 Å². The molecular formula is C12H17N3O4S. The molecule has 1 aromatic heterocycles. The number of carboxylic acid groups (broad SMARTS) is 1. The zero-order valence-corrected chi connectivity index (χ0v) is 12.1. The first-order valence-corrected chi connectivity index (χ1v) is 7.16. The topological polar surface area (TPSA) is 91.8 Å². The largest absolute Gasteiger partial charge is 0.476 e. The van der Waals surface area contributed by atoms with Crippen LogP contribution in [0.2, 0.25) is 0 Å². The minimum atomic E-state index is -1.06. The van der Waals surface area contributed by atoms with E-state index in [0.717, 1.165) is 6.42 Å². The molecule has 2 atom stereocenters. The Labute approximate surface area is 120 Å². The van der Waals surface area contributed by atoms with Crippen molar-refractivity contribution in [3.8, 4) is 0 Å². The van der Waals surface area contributed by atoms with Crippen molar-refractivity contribution in [2.24, 2.45) is 0 Å². The number of urea groups is 1. The molecule has 1 aromatic rings. The van der Waals surface area contributed by atoms with Crippen LogP contribution >= 0.6 is 11.3 Å². The summed E-state index contributed by atoms with van der Waals surface area (Å²) in [5.74, 6) is -1.06. The summed E-state index contributed by atoms with van der Waals surface area (Å²) in [5.41, 5.74) is 0.00338. The number of ether oxygens (including phenoxy) is 1. The summed E-state index contributed by atoms with van der Waals surface area (Å²) in [6.07, 6.45) is 0.832. The molecule has 110 valence electrons. The third-order valence-corrected chi connectivity index (χ3v) is 4.25. The lowest BCUT2D eigenvalue weighted by Crippen LogP contribution is -2.44. The van der Waals surface area contributed by atoms with Gasteiger partial charge in [-0.25, -0.2) is 14.6 Å². The lowest BCUT2D eigenvalue weighted by molar-refractivity contribution is 0.0691. The molecule has 0 aromatic carbocycles. The number of aromatic carboxylic acids is 1. The highest BCUT2D eigenvalue weighted by Crippen LogP contribution is 2.19. The van der Waals surface area contributed by atoms with Crippen molar-refractivity contribution in [1.82, 2.24) is 15.2 Å². The summed E-state index contributed by atoms with van der Waals surface area (Å²) in [4.78, 5) is 28.5. The molecule has 20 heavy (non-hydrogen) atoms. The minimum absolute atomic E-state index is 0.00338. The van der Waals surface area contributed by atoms with Gasteiger partial charge in [-0.05, 0) is 13.3 Å². The molecule has 0 aliphatic carbocycles. The fourth-order valence-corrected chi connectivity index (χ4v) is 2.73. The van der Waals surface area contributed by atoms with E-state index in [4.69, 9.17) is 9.84 Å². The van der Waals surface area contributed by atoms with E-state index in [1.807, 2.05) is 0 Å². The van der Waals surface area contributed by atoms with Crippen molar-refractivity contribution in [1.29, 1.82) is 0 Å². The Morgan fingerprint density at radius 1 is 1.65 bits per heavy atom. The Hall–Kier alpha value is -1.67. The van der Waals surface area contributed by atoms with Gasteiger partial charge in [-0.2, -0.15) is 0 Å². The Morgan fingerprint density at radius 3 is 2.95 bits per heavy atom. The maximum atomic E-state index is 12.1. The van der Waals surface area contributed by atoms with E-state index in [-0.39, 0.29) is 23.8 Å². The fraction of sp³-hybridized carbons (Fsp3) is 0.583. The highest BCUT2D eigenvalue weighted by atomic mass is 32.1. The van der Waals surface area contributed by atoms with Gasteiger partial charge in [0.25, 0.3) is 0 Å². The van der Waals surface area contributed by atoms with Crippen LogP contribution in [0.3, 0.4) is 0 Å². The number of nitrogens with one attached hydrogen (secondary N) is 1. The molecule has 2 unspecified atom stereocenters. The van der Waals surface area contributed by atoms with Crippen LogP contribution in [0.25, 0.3) is 0 Å². The van der Waals surface area contributed by atoms with Gasteiger partial charge in [-0.15, -0.1) is 11.3 Å². The average Bonchev–Trinajstić information content (AvgIpc) is 3.08. The number of carbonyl (C=O) groups is 2. The first kappa shape index (κ1) is 14.7. The minimum Gasteiger partial charge on any atom is -0.476 e. The van der Waals surface area contributed by atoms with Gasteiger partial charge in [0.1, 0.15) is 5.01 Å². The van der Waals surface area contributed by atoms with Crippen molar-refractivity contribution in [2.75, 3.05) is 20.3 Å². The summed E-state index contributed by atoms with van der Waals surface area (Å²) in [6.45, 7) is 3.01. The number of carbonyl (C=O) groups excluding carboxylic acids is 1. The molecular weight excluding hydrogens is 282 g/mol. The molecule has 2 N–H and O–H groups in total. The standard InChI is InChI=1S/C12H17N3O4S/c1-7(10-14-9(6-20-10)11(16)17)13-12(18)15(2)8-3-4-19-5-8/h6-8H,3-5H2,1-2H3,(H,13,18)(H,16,17). The second-order valence-corrected chi connectivity index (χ2v) is 5.57. The predicted octanol–water partition coefficient (Wildman–Crippen LogP) is 1.33. The quantitative estimate of drug-likeness (QED) is 0.875. The van der Waals surface area contributed by atoms with Crippen molar-refractivity contribution >= 4 is 23.3 Å². The molecule has 1 fully saturated rings. The van der Waals surface area contributed by atoms with Crippen LogP contribution in [-0.2, 0) is 4.74 Å². The van der Waals surface area contributed by atoms with Crippen molar-refractivity contribution in [3.05, 3.63) is 16.1 Å². The number of hydrogen-bond donors (Lipinski definition) is 2. The average molecular weight is 299 g/mol. The summed E-state index contributed by atoms with van der Waals surface area (Å²) in [5, 5.41) is 13.7. The Balaban J connectivity index is 1.93. The van der Waals surface area contributed by atoms with E-state index in [9.17, 15) is 9.59 Å². The van der Waals surface area contributed by atoms with Crippen molar-refractivity contribution < 1.29 is 19.4 Å². The Morgan fingerprint density at radius 2 is 2.40 bits per heavy atom. The van der Waals surface area contributed by atoms with E-state index in [0.29, 0.717) is 18.2 Å². The van der Waals surface area contributed by atoms with Crippen LogP contribution in [-0.4, -0.2) is 53.3 Å². The fourth-order valence-electron chi connectivity index (χ4n) is 1.93. The number of hydrogen-bond acceptors (Lipinski definition) is 5. The number of aromatic nitrogens is 1. The molecule has 2 heterocycles. The monoisotopic (exact) mass is 299 g/mol. The molecule has 0 radical (unpaired) electrons. The normalized spacial score (nSPS) is 19.6. The van der Waals surface area contributed by atoms with E-state index >= 15 is 0 Å². The third kappa shape index (κ3) is 3.26. The number of nitrogens with zero attached hydrogens (tertiary/aromatic N) is 2. The molecule has 1 aliphatic heterocycles. The molecule has 0 spiro atoms. The number of rotatable bonds is 4. The van der Waals surface area contributed by atoms with Gasteiger partial charge in [0.05, 0.1) is 18.7 Å². The molecule has 2 amide bonds. The van der Waals surface area contributed by atoms with Crippen LogP contribution < -0.4 is 5.32 Å². The van der Waals surface area contributed by atoms with Gasteiger partial charge in [-0.3, -0.25) is 0 Å². The lowest BCUT2D eigenvalue weighted by Gasteiger charge is -2.25. The molecule has 2 rings (SSSR count). The van der Waals surface area contributed by atoms with Gasteiger partial charge < -0.3 is 20.1 Å². The third-order valence-electron chi connectivity index (χ3n) is 3.23. The predicted molar refractivity (Wildman–Crippen MR) is 73.0 cm³/mol. The number of thiazole rings is 1. The van der Waals surface area contributed by atoms with Crippen LogP contribution in [0.15, 0.2) is 5.38 Å². The Kier molecular flexibility index (Phi) is 4.56. The van der Waals surface area contributed by atoms with Gasteiger partial charge in [0.2, 0.25) is 0 Å². The molecule has 0 bridgehead atoms. The van der Waals surface area contributed by atoms with E-state index in [2.05, 4.69) is 10.3 Å². The van der Waals surface area contributed by atoms with Gasteiger partial charge >= 0.3 is 12.0 Å².